The highest BCUT2D eigenvalue weighted by atomic mass is 79.9. The molecule has 2 amide bonds. The molecule has 0 aromatic heterocycles. The Labute approximate surface area is 226 Å². The van der Waals surface area contributed by atoms with Crippen molar-refractivity contribution in [3.8, 4) is 5.75 Å². The smallest absolute Gasteiger partial charge is 0.261 e. The van der Waals surface area contributed by atoms with Crippen LogP contribution in [0, 0.1) is 0 Å². The molecule has 1 aliphatic carbocycles. The highest BCUT2D eigenvalue weighted by Gasteiger charge is 2.31. The molecule has 0 aliphatic heterocycles. The molecular weight excluding hydrogens is 551 g/mol. The number of carbonyl (C=O) groups is 2. The Kier molecular flexibility index (Phi) is 10.3. The van der Waals surface area contributed by atoms with Crippen molar-refractivity contribution in [2.75, 3.05) is 6.61 Å². The van der Waals surface area contributed by atoms with Crippen LogP contribution < -0.4 is 10.1 Å². The molecule has 35 heavy (non-hydrogen) atoms. The van der Waals surface area contributed by atoms with Crippen LogP contribution in [0.5, 0.6) is 5.75 Å². The highest BCUT2D eigenvalue weighted by Crippen LogP contribution is 2.30. The summed E-state index contributed by atoms with van der Waals surface area (Å²) in [7, 11) is 0. The van der Waals surface area contributed by atoms with Crippen molar-refractivity contribution in [3.05, 3.63) is 62.0 Å². The van der Waals surface area contributed by atoms with Crippen molar-refractivity contribution in [2.45, 2.75) is 77.4 Å². The normalized spacial score (nSPS) is 14.7. The molecule has 1 saturated carbocycles. The van der Waals surface area contributed by atoms with Gasteiger partial charge < -0.3 is 15.0 Å². The lowest BCUT2D eigenvalue weighted by Gasteiger charge is -2.32. The Morgan fingerprint density at radius 2 is 1.80 bits per heavy atom. The largest absolute Gasteiger partial charge is 0.483 e. The van der Waals surface area contributed by atoms with Gasteiger partial charge in [0.25, 0.3) is 5.91 Å². The van der Waals surface area contributed by atoms with E-state index in [2.05, 4.69) is 35.1 Å². The predicted octanol–water partition coefficient (Wildman–Crippen LogP) is 7.12. The highest BCUT2D eigenvalue weighted by molar-refractivity contribution is 9.10. The van der Waals surface area contributed by atoms with Crippen LogP contribution in [0.25, 0.3) is 0 Å². The summed E-state index contributed by atoms with van der Waals surface area (Å²) in [6.45, 7) is 6.03. The summed E-state index contributed by atoms with van der Waals surface area (Å²) >= 11 is 16.4. The molecule has 1 unspecified atom stereocenters. The quantitative estimate of drug-likeness (QED) is 0.324. The maximum Gasteiger partial charge on any atom is 0.261 e. The van der Waals surface area contributed by atoms with Crippen molar-refractivity contribution in [1.29, 1.82) is 0 Å². The Hall–Kier alpha value is -1.76. The van der Waals surface area contributed by atoms with Crippen LogP contribution in [0.15, 0.2) is 40.9 Å². The van der Waals surface area contributed by atoms with E-state index in [0.717, 1.165) is 30.2 Å². The molecule has 0 radical (unpaired) electrons. The van der Waals surface area contributed by atoms with E-state index in [1.54, 1.807) is 18.2 Å². The van der Waals surface area contributed by atoms with E-state index in [1.807, 2.05) is 25.1 Å². The Morgan fingerprint density at radius 3 is 2.37 bits per heavy atom. The fourth-order valence-corrected chi connectivity index (χ4v) is 5.38. The van der Waals surface area contributed by atoms with Gasteiger partial charge in [0.05, 0.1) is 4.47 Å². The van der Waals surface area contributed by atoms with Gasteiger partial charge in [0, 0.05) is 28.2 Å². The second-order valence-electron chi connectivity index (χ2n) is 9.27. The van der Waals surface area contributed by atoms with Crippen LogP contribution >= 0.6 is 39.1 Å². The topological polar surface area (TPSA) is 58.6 Å². The van der Waals surface area contributed by atoms with E-state index in [0.29, 0.717) is 33.7 Å². The van der Waals surface area contributed by atoms with Crippen molar-refractivity contribution in [2.24, 2.45) is 0 Å². The summed E-state index contributed by atoms with van der Waals surface area (Å²) in [5.74, 6) is 0.483. The van der Waals surface area contributed by atoms with Crippen LogP contribution in [0.1, 0.15) is 69.9 Å². The van der Waals surface area contributed by atoms with Gasteiger partial charge in [-0.2, -0.15) is 0 Å². The lowest BCUT2D eigenvalue weighted by Crippen LogP contribution is -2.52. The molecule has 0 heterocycles. The minimum Gasteiger partial charge on any atom is -0.483 e. The van der Waals surface area contributed by atoms with Crippen molar-refractivity contribution in [3.63, 3.8) is 0 Å². The van der Waals surface area contributed by atoms with Gasteiger partial charge in [-0.25, -0.2) is 0 Å². The molecular formula is C27H33BrCl2N2O3. The molecule has 2 aromatic rings. The molecule has 1 fully saturated rings. The lowest BCUT2D eigenvalue weighted by molar-refractivity contribution is -0.143. The van der Waals surface area contributed by atoms with Crippen LogP contribution in [-0.2, 0) is 16.1 Å². The molecule has 1 atom stereocenters. The number of nitrogens with one attached hydrogen (secondary N) is 1. The van der Waals surface area contributed by atoms with Crippen molar-refractivity contribution in [1.82, 2.24) is 10.2 Å². The molecule has 5 nitrogen and oxygen atoms in total. The first-order valence-electron chi connectivity index (χ1n) is 12.2. The van der Waals surface area contributed by atoms with Gasteiger partial charge in [0.1, 0.15) is 11.8 Å². The molecule has 1 N–H and O–H groups in total. The summed E-state index contributed by atoms with van der Waals surface area (Å²) in [4.78, 5) is 28.3. The monoisotopic (exact) mass is 582 g/mol. The van der Waals surface area contributed by atoms with E-state index in [4.69, 9.17) is 27.9 Å². The fourth-order valence-electron chi connectivity index (χ4n) is 4.36. The zero-order valence-electron chi connectivity index (χ0n) is 20.5. The van der Waals surface area contributed by atoms with Gasteiger partial charge in [0.15, 0.2) is 6.61 Å². The molecule has 0 saturated heterocycles. The Balaban J connectivity index is 1.82. The second kappa shape index (κ2) is 13.0. The third kappa shape index (κ3) is 7.37. The second-order valence-corrected chi connectivity index (χ2v) is 10.9. The van der Waals surface area contributed by atoms with Crippen LogP contribution in [-0.4, -0.2) is 35.4 Å². The Bertz CT molecular complexity index is 1020. The first-order chi connectivity index (χ1) is 16.7. The number of hydrogen-bond acceptors (Lipinski definition) is 3. The van der Waals surface area contributed by atoms with E-state index in [9.17, 15) is 9.59 Å². The molecule has 190 valence electrons. The van der Waals surface area contributed by atoms with Gasteiger partial charge in [0.2, 0.25) is 5.91 Å². The maximum atomic E-state index is 13.5. The predicted molar refractivity (Wildman–Crippen MR) is 145 cm³/mol. The van der Waals surface area contributed by atoms with E-state index in [1.165, 1.54) is 10.5 Å². The average molecular weight is 584 g/mol. The minimum atomic E-state index is -0.661. The first kappa shape index (κ1) is 27.8. The molecule has 0 spiro atoms. The molecule has 1 aliphatic rings. The SMILES string of the molecule is CCC(C(=O)NC1CCCC1)N(Cc1c(Cl)cccc1Cl)C(=O)COc1ccc(C(C)C)cc1Br. The number of rotatable bonds is 10. The van der Waals surface area contributed by atoms with Gasteiger partial charge in [-0.05, 0) is 70.9 Å². The molecule has 2 aromatic carbocycles. The standard InChI is InChI=1S/C27H33BrCl2N2O3/c1-4-24(27(34)31-19-8-5-6-9-19)32(15-20-22(29)10-7-11-23(20)30)26(33)16-35-25-13-12-18(17(2)3)14-21(25)28/h7,10-14,17,19,24H,4-6,8-9,15-16H2,1-3H3,(H,31,34). The summed E-state index contributed by atoms with van der Waals surface area (Å²) in [6, 6.07) is 10.5. The van der Waals surface area contributed by atoms with E-state index in [-0.39, 0.29) is 31.0 Å². The van der Waals surface area contributed by atoms with E-state index >= 15 is 0 Å². The number of nitrogens with zero attached hydrogens (tertiary/aromatic N) is 1. The maximum absolute atomic E-state index is 13.5. The third-order valence-electron chi connectivity index (χ3n) is 6.45. The lowest BCUT2D eigenvalue weighted by atomic mass is 10.0. The van der Waals surface area contributed by atoms with Crippen LogP contribution in [0.4, 0.5) is 0 Å². The number of halogens is 3. The minimum absolute atomic E-state index is 0.116. The summed E-state index contributed by atoms with van der Waals surface area (Å²) in [5.41, 5.74) is 1.78. The zero-order valence-corrected chi connectivity index (χ0v) is 23.5. The zero-order chi connectivity index (χ0) is 25.5. The average Bonchev–Trinajstić information content (AvgIpc) is 3.32. The van der Waals surface area contributed by atoms with Crippen molar-refractivity contribution >= 4 is 50.9 Å². The van der Waals surface area contributed by atoms with Gasteiger partial charge >= 0.3 is 0 Å². The van der Waals surface area contributed by atoms with Crippen LogP contribution in [0.3, 0.4) is 0 Å². The summed E-state index contributed by atoms with van der Waals surface area (Å²) in [6.07, 6.45) is 4.61. The van der Waals surface area contributed by atoms with Gasteiger partial charge in [-0.15, -0.1) is 0 Å². The number of hydrogen-bond donors (Lipinski definition) is 1. The number of amides is 2. The van der Waals surface area contributed by atoms with E-state index < -0.39 is 6.04 Å². The molecule has 8 heteroatoms. The molecule has 3 rings (SSSR count). The number of carbonyl (C=O) groups excluding carboxylic acids is 2. The first-order valence-corrected chi connectivity index (χ1v) is 13.7. The number of benzene rings is 2. The van der Waals surface area contributed by atoms with Gasteiger partial charge in [-0.1, -0.05) is 68.9 Å². The Morgan fingerprint density at radius 1 is 1.14 bits per heavy atom. The number of ether oxygens (including phenoxy) is 1. The summed E-state index contributed by atoms with van der Waals surface area (Å²) in [5, 5.41) is 4.04. The molecule has 0 bridgehead atoms. The van der Waals surface area contributed by atoms with Crippen LogP contribution in [0.2, 0.25) is 10.0 Å². The third-order valence-corrected chi connectivity index (χ3v) is 7.78. The van der Waals surface area contributed by atoms with Crippen molar-refractivity contribution < 1.29 is 14.3 Å². The van der Waals surface area contributed by atoms with Gasteiger partial charge in [-0.3, -0.25) is 9.59 Å². The summed E-state index contributed by atoms with van der Waals surface area (Å²) < 4.78 is 6.67. The fraction of sp³-hybridized carbons (Fsp3) is 0.481.